The number of benzene rings is 4. The Morgan fingerprint density at radius 3 is 1.38 bits per heavy atom. The van der Waals surface area contributed by atoms with E-state index >= 15 is 0 Å². The molecule has 4 aromatic rings. The smallest absolute Gasteiger partial charge is 0.127 e. The first kappa shape index (κ1) is 14.6. The van der Waals surface area contributed by atoms with E-state index in [-0.39, 0.29) is 0 Å². The van der Waals surface area contributed by atoms with Gasteiger partial charge in [-0.05, 0) is 22.9 Å². The van der Waals surface area contributed by atoms with Gasteiger partial charge in [-0.15, -0.1) is 0 Å². The lowest BCUT2D eigenvalue weighted by Crippen LogP contribution is -2.09. The van der Waals surface area contributed by atoms with Gasteiger partial charge in [0.1, 0.15) is 24.7 Å². The molecule has 0 aliphatic carbocycles. The van der Waals surface area contributed by atoms with Gasteiger partial charge in [-0.3, -0.25) is 0 Å². The maximum atomic E-state index is 5.93. The van der Waals surface area contributed by atoms with E-state index in [9.17, 15) is 0 Å². The summed E-state index contributed by atoms with van der Waals surface area (Å²) in [6.07, 6.45) is 0. The summed E-state index contributed by atoms with van der Waals surface area (Å²) in [5.74, 6) is 1.80. The third kappa shape index (κ3) is 2.91. The molecule has 0 unspecified atom stereocenters. The van der Waals surface area contributed by atoms with E-state index in [1.165, 1.54) is 10.8 Å². The normalized spacial score (nSPS) is 10.8. The largest absolute Gasteiger partial charge is 0.489 e. The first-order chi connectivity index (χ1) is 11.9. The minimum absolute atomic E-state index is 0.511. The minimum Gasteiger partial charge on any atom is -0.489 e. The van der Waals surface area contributed by atoms with Crippen LogP contribution in [0.5, 0.6) is 11.5 Å². The molecular weight excluding hydrogens is 296 g/mol. The van der Waals surface area contributed by atoms with Gasteiger partial charge in [0.05, 0.1) is 0 Å². The van der Waals surface area contributed by atoms with E-state index in [0.717, 1.165) is 22.3 Å². The Balaban J connectivity index is 1.44. The summed E-state index contributed by atoms with van der Waals surface area (Å²) in [5.41, 5.74) is 0. The fourth-order valence-corrected chi connectivity index (χ4v) is 2.95. The zero-order chi connectivity index (χ0) is 16.2. The predicted octanol–water partition coefficient (Wildman–Crippen LogP) is 5.45. The van der Waals surface area contributed by atoms with Gasteiger partial charge in [-0.2, -0.15) is 0 Å². The van der Waals surface area contributed by atoms with Crippen molar-refractivity contribution in [2.75, 3.05) is 13.2 Å². The van der Waals surface area contributed by atoms with Crippen molar-refractivity contribution in [3.63, 3.8) is 0 Å². The highest BCUT2D eigenvalue weighted by molar-refractivity contribution is 5.88. The van der Waals surface area contributed by atoms with Gasteiger partial charge in [0.15, 0.2) is 0 Å². The minimum atomic E-state index is 0.511. The molecule has 4 rings (SSSR count). The van der Waals surface area contributed by atoms with Gasteiger partial charge in [0, 0.05) is 10.8 Å². The molecule has 0 heterocycles. The van der Waals surface area contributed by atoms with Crippen LogP contribution in [0, 0.1) is 0 Å². The first-order valence-corrected chi connectivity index (χ1v) is 8.13. The third-order valence-electron chi connectivity index (χ3n) is 4.10. The van der Waals surface area contributed by atoms with E-state index < -0.39 is 0 Å². The maximum Gasteiger partial charge on any atom is 0.127 e. The van der Waals surface area contributed by atoms with Crippen LogP contribution < -0.4 is 9.47 Å². The van der Waals surface area contributed by atoms with Crippen LogP contribution in [0.2, 0.25) is 0 Å². The van der Waals surface area contributed by atoms with E-state index in [4.69, 9.17) is 9.47 Å². The van der Waals surface area contributed by atoms with Gasteiger partial charge in [0.2, 0.25) is 0 Å². The molecule has 0 aliphatic heterocycles. The fourth-order valence-electron chi connectivity index (χ4n) is 2.95. The van der Waals surface area contributed by atoms with Crippen molar-refractivity contribution in [1.29, 1.82) is 0 Å². The zero-order valence-electron chi connectivity index (χ0n) is 13.3. The van der Waals surface area contributed by atoms with Crippen LogP contribution in [-0.2, 0) is 0 Å². The highest BCUT2D eigenvalue weighted by atomic mass is 16.5. The molecule has 0 radical (unpaired) electrons. The summed E-state index contributed by atoms with van der Waals surface area (Å²) in [6, 6.07) is 28.7. The summed E-state index contributed by atoms with van der Waals surface area (Å²) in [5, 5.41) is 4.63. The van der Waals surface area contributed by atoms with Crippen LogP contribution in [0.25, 0.3) is 21.5 Å². The molecule has 2 nitrogen and oxygen atoms in total. The molecule has 0 atom stereocenters. The van der Waals surface area contributed by atoms with E-state index in [2.05, 4.69) is 36.4 Å². The van der Waals surface area contributed by atoms with Crippen LogP contribution in [0.3, 0.4) is 0 Å². The van der Waals surface area contributed by atoms with Gasteiger partial charge in [0.25, 0.3) is 0 Å². The first-order valence-electron chi connectivity index (χ1n) is 8.13. The van der Waals surface area contributed by atoms with E-state index in [1.807, 2.05) is 48.5 Å². The van der Waals surface area contributed by atoms with Crippen LogP contribution >= 0.6 is 0 Å². The molecule has 4 aromatic carbocycles. The van der Waals surface area contributed by atoms with Crippen molar-refractivity contribution in [3.8, 4) is 11.5 Å². The van der Waals surface area contributed by atoms with Crippen LogP contribution in [0.15, 0.2) is 84.9 Å². The Hall–Kier alpha value is -3.00. The quantitative estimate of drug-likeness (QED) is 0.456. The lowest BCUT2D eigenvalue weighted by Gasteiger charge is -2.12. The highest BCUT2D eigenvalue weighted by Gasteiger charge is 2.03. The average molecular weight is 314 g/mol. The topological polar surface area (TPSA) is 18.5 Å². The molecule has 0 N–H and O–H groups in total. The van der Waals surface area contributed by atoms with Crippen molar-refractivity contribution in [2.24, 2.45) is 0 Å². The lowest BCUT2D eigenvalue weighted by molar-refractivity contribution is 0.220. The summed E-state index contributed by atoms with van der Waals surface area (Å²) >= 11 is 0. The van der Waals surface area contributed by atoms with Crippen molar-refractivity contribution in [3.05, 3.63) is 84.9 Å². The summed E-state index contributed by atoms with van der Waals surface area (Å²) < 4.78 is 11.9. The molecule has 0 aromatic heterocycles. The third-order valence-corrected chi connectivity index (χ3v) is 4.10. The Bertz CT molecular complexity index is 884. The molecule has 0 saturated heterocycles. The molecule has 118 valence electrons. The molecule has 0 saturated carbocycles. The van der Waals surface area contributed by atoms with Gasteiger partial charge in [-0.1, -0.05) is 72.8 Å². The number of ether oxygens (including phenoxy) is 2. The SMILES string of the molecule is c1ccc2c(OCCOc3cccc4ccccc34)cccc2c1. The second-order valence-electron chi connectivity index (χ2n) is 5.65. The van der Waals surface area contributed by atoms with E-state index in [0.29, 0.717) is 13.2 Å². The molecule has 0 spiro atoms. The van der Waals surface area contributed by atoms with Gasteiger partial charge < -0.3 is 9.47 Å². The molecule has 24 heavy (non-hydrogen) atoms. The Morgan fingerprint density at radius 1 is 0.458 bits per heavy atom. The predicted molar refractivity (Wildman–Crippen MR) is 98.9 cm³/mol. The van der Waals surface area contributed by atoms with Gasteiger partial charge >= 0.3 is 0 Å². The second-order valence-corrected chi connectivity index (χ2v) is 5.65. The molecule has 0 bridgehead atoms. The van der Waals surface area contributed by atoms with Crippen LogP contribution in [0.4, 0.5) is 0 Å². The molecule has 2 heteroatoms. The Labute approximate surface area is 141 Å². The summed E-state index contributed by atoms with van der Waals surface area (Å²) in [6.45, 7) is 1.02. The molecule has 0 amide bonds. The lowest BCUT2D eigenvalue weighted by atomic mass is 10.1. The fraction of sp³-hybridized carbons (Fsp3) is 0.0909. The zero-order valence-corrected chi connectivity index (χ0v) is 13.3. The summed E-state index contributed by atoms with van der Waals surface area (Å²) in [4.78, 5) is 0. The van der Waals surface area contributed by atoms with Crippen molar-refractivity contribution < 1.29 is 9.47 Å². The van der Waals surface area contributed by atoms with Crippen LogP contribution in [0.1, 0.15) is 0 Å². The highest BCUT2D eigenvalue weighted by Crippen LogP contribution is 2.26. The molecular formula is C22H18O2. The Morgan fingerprint density at radius 2 is 0.875 bits per heavy atom. The number of rotatable bonds is 5. The number of hydrogen-bond donors (Lipinski definition) is 0. The monoisotopic (exact) mass is 314 g/mol. The van der Waals surface area contributed by atoms with Crippen LogP contribution in [-0.4, -0.2) is 13.2 Å². The van der Waals surface area contributed by atoms with E-state index in [1.54, 1.807) is 0 Å². The molecule has 0 aliphatic rings. The van der Waals surface area contributed by atoms with Crippen molar-refractivity contribution in [2.45, 2.75) is 0 Å². The van der Waals surface area contributed by atoms with Crippen molar-refractivity contribution in [1.82, 2.24) is 0 Å². The molecule has 0 fully saturated rings. The summed E-state index contributed by atoms with van der Waals surface area (Å²) in [7, 11) is 0. The number of hydrogen-bond acceptors (Lipinski definition) is 2. The second kappa shape index (κ2) is 6.63. The van der Waals surface area contributed by atoms with Crippen molar-refractivity contribution >= 4 is 21.5 Å². The maximum absolute atomic E-state index is 5.93. The Kier molecular flexibility index (Phi) is 4.03. The average Bonchev–Trinajstić information content (AvgIpc) is 2.65. The number of fused-ring (bicyclic) bond motifs is 2. The standard InChI is InChI=1S/C22H18O2/c1-3-11-19-17(7-1)9-5-13-21(19)23-15-16-24-22-14-6-10-18-8-2-4-12-20(18)22/h1-14H,15-16H2. The van der Waals surface area contributed by atoms with Gasteiger partial charge in [-0.25, -0.2) is 0 Å².